The van der Waals surface area contributed by atoms with Crippen LogP contribution in [0.25, 0.3) is 5.57 Å². The minimum atomic E-state index is -1.11. The summed E-state index contributed by atoms with van der Waals surface area (Å²) in [6.07, 6.45) is 2.31. The molecule has 0 amide bonds. The number of likely N-dealkylation sites (tertiary alicyclic amines) is 1. The van der Waals surface area contributed by atoms with Crippen molar-refractivity contribution < 1.29 is 19.4 Å². The van der Waals surface area contributed by atoms with Crippen molar-refractivity contribution in [3.63, 3.8) is 0 Å². The van der Waals surface area contributed by atoms with Crippen molar-refractivity contribution in [1.29, 1.82) is 0 Å². The van der Waals surface area contributed by atoms with Crippen LogP contribution in [0.3, 0.4) is 0 Å². The van der Waals surface area contributed by atoms with Gasteiger partial charge in [0.05, 0.1) is 18.3 Å². The van der Waals surface area contributed by atoms with E-state index in [0.29, 0.717) is 42.8 Å². The van der Waals surface area contributed by atoms with Gasteiger partial charge in [-0.3, -0.25) is 9.69 Å². The lowest BCUT2D eigenvalue weighted by atomic mass is 9.86. The molecular weight excluding hydrogens is 359 g/mol. The predicted octanol–water partition coefficient (Wildman–Crippen LogP) is 2.90. The molecule has 2 unspecified atom stereocenters. The molecule has 4 rings (SSSR count). The third kappa shape index (κ3) is 3.45. The molecule has 146 valence electrons. The smallest absolute Gasteiger partial charge is 0.195 e. The molecule has 0 radical (unpaired) electrons. The lowest BCUT2D eigenvalue weighted by Crippen LogP contribution is -2.33. The Labute approximate surface area is 163 Å². The van der Waals surface area contributed by atoms with E-state index in [1.165, 1.54) is 24.4 Å². The number of aliphatic hydroxyl groups is 1. The zero-order valence-corrected chi connectivity index (χ0v) is 15.5. The SMILES string of the molecule is C=C(c1ccccc1F)C1(O)CC2CN(CC(=O)c3ccc(O)cn3)CC2C1. The quantitative estimate of drug-likeness (QED) is 0.778. The highest BCUT2D eigenvalue weighted by molar-refractivity contribution is 5.95. The molecule has 2 aromatic rings. The van der Waals surface area contributed by atoms with E-state index in [-0.39, 0.29) is 35.7 Å². The van der Waals surface area contributed by atoms with Crippen molar-refractivity contribution in [2.45, 2.75) is 18.4 Å². The van der Waals surface area contributed by atoms with E-state index in [9.17, 15) is 19.4 Å². The Morgan fingerprint density at radius 1 is 1.21 bits per heavy atom. The molecule has 2 fully saturated rings. The first-order chi connectivity index (χ1) is 13.4. The number of rotatable bonds is 5. The lowest BCUT2D eigenvalue weighted by molar-refractivity contribution is 0.0870. The van der Waals surface area contributed by atoms with Crippen molar-refractivity contribution in [2.24, 2.45) is 11.8 Å². The lowest BCUT2D eigenvalue weighted by Gasteiger charge is -2.28. The standard InChI is InChI=1S/C22H23FN2O3/c1-14(18-4-2-3-5-19(18)23)22(28)8-15-11-25(12-16(15)9-22)13-21(27)20-7-6-17(26)10-24-20/h2-7,10,15-16,26,28H,1,8-9,11-13H2. The second-order valence-corrected chi connectivity index (χ2v) is 7.94. The normalized spacial score (nSPS) is 26.9. The second kappa shape index (κ2) is 7.11. The van der Waals surface area contributed by atoms with Crippen molar-refractivity contribution in [3.8, 4) is 5.75 Å². The maximum absolute atomic E-state index is 14.1. The summed E-state index contributed by atoms with van der Waals surface area (Å²) < 4.78 is 14.1. The van der Waals surface area contributed by atoms with Gasteiger partial charge in [0.2, 0.25) is 0 Å². The summed E-state index contributed by atoms with van der Waals surface area (Å²) in [5.41, 5.74) is 0.0391. The van der Waals surface area contributed by atoms with Crippen LogP contribution in [0, 0.1) is 17.7 Å². The van der Waals surface area contributed by atoms with Crippen molar-refractivity contribution in [3.05, 3.63) is 66.2 Å². The molecule has 1 aliphatic carbocycles. The van der Waals surface area contributed by atoms with Crippen LogP contribution in [0.15, 0.2) is 49.2 Å². The van der Waals surface area contributed by atoms with Gasteiger partial charge in [-0.05, 0) is 48.4 Å². The maximum Gasteiger partial charge on any atom is 0.195 e. The number of nitrogens with zero attached hydrogens (tertiary/aromatic N) is 2. The summed E-state index contributed by atoms with van der Waals surface area (Å²) in [7, 11) is 0. The molecule has 1 saturated heterocycles. The number of hydrogen-bond donors (Lipinski definition) is 2. The van der Waals surface area contributed by atoms with Crippen molar-refractivity contribution in [2.75, 3.05) is 19.6 Å². The fourth-order valence-electron chi connectivity index (χ4n) is 4.62. The van der Waals surface area contributed by atoms with Gasteiger partial charge in [-0.15, -0.1) is 0 Å². The van der Waals surface area contributed by atoms with Crippen molar-refractivity contribution >= 4 is 11.4 Å². The van der Waals surface area contributed by atoms with Gasteiger partial charge in [-0.2, -0.15) is 0 Å². The summed E-state index contributed by atoms with van der Waals surface area (Å²) in [4.78, 5) is 18.4. The Kier molecular flexibility index (Phi) is 4.77. The molecule has 28 heavy (non-hydrogen) atoms. The first-order valence-electron chi connectivity index (χ1n) is 9.43. The number of hydrogen-bond acceptors (Lipinski definition) is 5. The number of halogens is 1. The molecule has 1 aliphatic heterocycles. The first kappa shape index (κ1) is 18.8. The van der Waals surface area contributed by atoms with E-state index in [1.54, 1.807) is 18.2 Å². The van der Waals surface area contributed by atoms with E-state index in [0.717, 1.165) is 0 Å². The second-order valence-electron chi connectivity index (χ2n) is 7.94. The van der Waals surface area contributed by atoms with E-state index >= 15 is 0 Å². The maximum atomic E-state index is 14.1. The van der Waals surface area contributed by atoms with E-state index in [1.807, 2.05) is 0 Å². The number of fused-ring (bicyclic) bond motifs is 1. The van der Waals surface area contributed by atoms with Gasteiger partial charge in [0.1, 0.15) is 17.3 Å². The van der Waals surface area contributed by atoms with E-state index in [4.69, 9.17) is 0 Å². The van der Waals surface area contributed by atoms with Gasteiger partial charge in [0.25, 0.3) is 0 Å². The Morgan fingerprint density at radius 3 is 2.50 bits per heavy atom. The predicted molar refractivity (Wildman–Crippen MR) is 103 cm³/mol. The highest BCUT2D eigenvalue weighted by Gasteiger charge is 2.50. The molecular formula is C22H23FN2O3. The molecule has 2 atom stereocenters. The van der Waals surface area contributed by atoms with Crippen LogP contribution in [-0.2, 0) is 0 Å². The fraction of sp³-hybridized carbons (Fsp3) is 0.364. The number of aromatic hydroxyl groups is 1. The number of ketones is 1. The number of carbonyl (C=O) groups is 1. The molecule has 2 N–H and O–H groups in total. The Bertz CT molecular complexity index is 898. The van der Waals surface area contributed by atoms with Gasteiger partial charge in [-0.25, -0.2) is 9.37 Å². The average molecular weight is 382 g/mol. The van der Waals surface area contributed by atoms with Gasteiger partial charge in [0.15, 0.2) is 5.78 Å². The monoisotopic (exact) mass is 382 g/mol. The molecule has 2 aliphatic rings. The summed E-state index contributed by atoms with van der Waals surface area (Å²) in [5.74, 6) is 0.0578. The van der Waals surface area contributed by atoms with Gasteiger partial charge in [0, 0.05) is 18.7 Å². The molecule has 6 heteroatoms. The molecule has 5 nitrogen and oxygen atoms in total. The summed E-state index contributed by atoms with van der Waals surface area (Å²) in [6, 6.07) is 9.37. The Balaban J connectivity index is 1.39. The van der Waals surface area contributed by atoms with Gasteiger partial charge < -0.3 is 10.2 Å². The average Bonchev–Trinajstić information content (AvgIpc) is 3.17. The number of carbonyl (C=O) groups excluding carboxylic acids is 1. The van der Waals surface area contributed by atoms with E-state index < -0.39 is 5.60 Å². The minimum Gasteiger partial charge on any atom is -0.506 e. The summed E-state index contributed by atoms with van der Waals surface area (Å²) in [6.45, 7) is 5.68. The zero-order valence-electron chi connectivity index (χ0n) is 15.5. The summed E-state index contributed by atoms with van der Waals surface area (Å²) in [5, 5.41) is 20.4. The van der Waals surface area contributed by atoms with Crippen LogP contribution in [0.2, 0.25) is 0 Å². The largest absolute Gasteiger partial charge is 0.506 e. The van der Waals surface area contributed by atoms with Crippen LogP contribution in [-0.4, -0.2) is 51.1 Å². The van der Waals surface area contributed by atoms with Crippen LogP contribution < -0.4 is 0 Å². The highest BCUT2D eigenvalue weighted by Crippen LogP contribution is 2.49. The summed E-state index contributed by atoms with van der Waals surface area (Å²) >= 11 is 0. The van der Waals surface area contributed by atoms with E-state index in [2.05, 4.69) is 16.5 Å². The molecule has 2 heterocycles. The van der Waals surface area contributed by atoms with Gasteiger partial charge >= 0.3 is 0 Å². The molecule has 0 bridgehead atoms. The number of aromatic nitrogens is 1. The van der Waals surface area contributed by atoms with Crippen LogP contribution in [0.4, 0.5) is 4.39 Å². The first-order valence-corrected chi connectivity index (χ1v) is 9.43. The number of benzene rings is 1. The highest BCUT2D eigenvalue weighted by atomic mass is 19.1. The Morgan fingerprint density at radius 2 is 1.89 bits per heavy atom. The number of pyridine rings is 1. The zero-order chi connectivity index (χ0) is 19.9. The Hall–Kier alpha value is -2.57. The van der Waals surface area contributed by atoms with Crippen molar-refractivity contribution in [1.82, 2.24) is 9.88 Å². The molecule has 1 aromatic heterocycles. The molecule has 1 saturated carbocycles. The third-order valence-electron chi connectivity index (χ3n) is 6.01. The number of Topliss-reactive ketones (excluding diaryl/α,β-unsaturated/α-hetero) is 1. The third-order valence-corrected chi connectivity index (χ3v) is 6.01. The topological polar surface area (TPSA) is 73.7 Å². The van der Waals surface area contributed by atoms with Gasteiger partial charge in [-0.1, -0.05) is 24.8 Å². The molecule has 1 aromatic carbocycles. The van der Waals surface area contributed by atoms with Crippen LogP contribution >= 0.6 is 0 Å². The van der Waals surface area contributed by atoms with Crippen LogP contribution in [0.5, 0.6) is 5.75 Å². The fourth-order valence-corrected chi connectivity index (χ4v) is 4.62. The minimum absolute atomic E-state index is 0.0293. The molecule has 0 spiro atoms. The van der Waals surface area contributed by atoms with Crippen LogP contribution in [0.1, 0.15) is 28.9 Å².